The van der Waals surface area contributed by atoms with Crippen molar-refractivity contribution in [3.63, 3.8) is 0 Å². The molecule has 0 spiro atoms. The van der Waals surface area contributed by atoms with Gasteiger partial charge in [0, 0.05) is 17.5 Å². The van der Waals surface area contributed by atoms with Crippen LogP contribution in [0.15, 0.2) is 0 Å². The molecule has 0 amide bonds. The first-order valence-corrected chi connectivity index (χ1v) is 8.57. The lowest BCUT2D eigenvalue weighted by molar-refractivity contribution is -0.142. The molecule has 0 heterocycles. The van der Waals surface area contributed by atoms with E-state index < -0.39 is 12.6 Å². The Morgan fingerprint density at radius 3 is 2.26 bits per heavy atom. The lowest BCUT2D eigenvalue weighted by atomic mass is 9.75. The molecule has 1 nitrogen and oxygen atoms in total. The first-order valence-electron chi connectivity index (χ1n) is 7.05. The average Bonchev–Trinajstić information content (AvgIpc) is 2.34. The van der Waals surface area contributed by atoms with Gasteiger partial charge in [-0.15, -0.1) is 0 Å². The van der Waals surface area contributed by atoms with Crippen molar-refractivity contribution >= 4 is 22.6 Å². The van der Waals surface area contributed by atoms with Crippen LogP contribution < -0.4 is 0 Å². The molecule has 0 aromatic carbocycles. The van der Waals surface area contributed by atoms with Gasteiger partial charge in [0.2, 0.25) is 0 Å². The van der Waals surface area contributed by atoms with Gasteiger partial charge in [-0.3, -0.25) is 0 Å². The fraction of sp³-hybridized carbons (Fsp3) is 1.00. The van der Waals surface area contributed by atoms with Gasteiger partial charge < -0.3 is 4.74 Å². The van der Waals surface area contributed by atoms with E-state index in [0.29, 0.717) is 5.92 Å². The maximum absolute atomic E-state index is 12.1. The quantitative estimate of drug-likeness (QED) is 0.336. The fourth-order valence-corrected chi connectivity index (χ4v) is 3.69. The SMILES string of the molecule is CC(C)C1CCC(CI)(OCCCC(F)(F)F)CC1. The van der Waals surface area contributed by atoms with E-state index in [1.165, 1.54) is 0 Å². The number of rotatable bonds is 6. The highest BCUT2D eigenvalue weighted by Gasteiger charge is 2.36. The molecule has 1 aliphatic rings. The number of halogens is 4. The number of alkyl halides is 4. The molecular formula is C14H24F3IO. The summed E-state index contributed by atoms with van der Waals surface area (Å²) < 4.78 is 43.0. The van der Waals surface area contributed by atoms with Gasteiger partial charge in [-0.05, 0) is 43.9 Å². The molecule has 0 saturated heterocycles. The van der Waals surface area contributed by atoms with Crippen LogP contribution in [0.5, 0.6) is 0 Å². The summed E-state index contributed by atoms with van der Waals surface area (Å²) in [6, 6.07) is 0. The third-order valence-electron chi connectivity index (χ3n) is 4.14. The highest BCUT2D eigenvalue weighted by molar-refractivity contribution is 14.1. The Bertz CT molecular complexity index is 258. The molecule has 5 heteroatoms. The Morgan fingerprint density at radius 2 is 1.84 bits per heavy atom. The molecule has 1 aliphatic carbocycles. The maximum Gasteiger partial charge on any atom is 0.389 e. The van der Waals surface area contributed by atoms with Gasteiger partial charge in [-0.2, -0.15) is 13.2 Å². The van der Waals surface area contributed by atoms with Crippen LogP contribution in [0.1, 0.15) is 52.4 Å². The maximum atomic E-state index is 12.1. The topological polar surface area (TPSA) is 9.23 Å². The molecule has 0 N–H and O–H groups in total. The lowest BCUT2D eigenvalue weighted by Crippen LogP contribution is -2.40. The van der Waals surface area contributed by atoms with Gasteiger partial charge >= 0.3 is 6.18 Å². The van der Waals surface area contributed by atoms with Crippen molar-refractivity contribution in [2.24, 2.45) is 11.8 Å². The van der Waals surface area contributed by atoms with E-state index >= 15 is 0 Å². The molecule has 1 saturated carbocycles. The van der Waals surface area contributed by atoms with Crippen LogP contribution in [0, 0.1) is 11.8 Å². The highest BCUT2D eigenvalue weighted by Crippen LogP contribution is 2.39. The summed E-state index contributed by atoms with van der Waals surface area (Å²) in [6.07, 6.45) is -0.458. The van der Waals surface area contributed by atoms with E-state index in [1.54, 1.807) is 0 Å². The second kappa shape index (κ2) is 7.48. The second-order valence-electron chi connectivity index (χ2n) is 5.97. The normalized spacial score (nSPS) is 28.9. The Morgan fingerprint density at radius 1 is 1.26 bits per heavy atom. The molecule has 19 heavy (non-hydrogen) atoms. The van der Waals surface area contributed by atoms with E-state index in [2.05, 4.69) is 36.4 Å². The zero-order valence-corrected chi connectivity index (χ0v) is 13.9. The molecular weight excluding hydrogens is 368 g/mol. The van der Waals surface area contributed by atoms with E-state index in [9.17, 15) is 13.2 Å². The molecule has 0 unspecified atom stereocenters. The van der Waals surface area contributed by atoms with E-state index in [4.69, 9.17) is 4.74 Å². The number of ether oxygens (including phenoxy) is 1. The van der Waals surface area contributed by atoms with Crippen molar-refractivity contribution < 1.29 is 17.9 Å². The molecule has 0 atom stereocenters. The molecule has 1 fully saturated rings. The summed E-state index contributed by atoms with van der Waals surface area (Å²) in [7, 11) is 0. The van der Waals surface area contributed by atoms with Crippen molar-refractivity contribution in [1.82, 2.24) is 0 Å². The zero-order valence-electron chi connectivity index (χ0n) is 11.7. The average molecular weight is 392 g/mol. The van der Waals surface area contributed by atoms with Gasteiger partial charge in [-0.1, -0.05) is 36.4 Å². The van der Waals surface area contributed by atoms with Gasteiger partial charge in [-0.25, -0.2) is 0 Å². The van der Waals surface area contributed by atoms with Gasteiger partial charge in [0.25, 0.3) is 0 Å². The molecule has 0 bridgehead atoms. The van der Waals surface area contributed by atoms with Crippen LogP contribution in [0.2, 0.25) is 0 Å². The van der Waals surface area contributed by atoms with Crippen molar-refractivity contribution in [2.45, 2.75) is 64.1 Å². The Hall–Kier alpha value is 0.480. The van der Waals surface area contributed by atoms with Crippen LogP contribution in [0.3, 0.4) is 0 Å². The van der Waals surface area contributed by atoms with Crippen LogP contribution in [0.4, 0.5) is 13.2 Å². The highest BCUT2D eigenvalue weighted by atomic mass is 127. The minimum absolute atomic E-state index is 0.0789. The minimum Gasteiger partial charge on any atom is -0.374 e. The second-order valence-corrected chi connectivity index (χ2v) is 6.73. The summed E-state index contributed by atoms with van der Waals surface area (Å²) in [5, 5.41) is 0. The van der Waals surface area contributed by atoms with Gasteiger partial charge in [0.15, 0.2) is 0 Å². The molecule has 0 aliphatic heterocycles. The Kier molecular flexibility index (Phi) is 6.90. The summed E-state index contributed by atoms with van der Waals surface area (Å²) in [6.45, 7) is 4.71. The third-order valence-corrected chi connectivity index (χ3v) is 5.53. The predicted molar refractivity (Wildman–Crippen MR) is 79.7 cm³/mol. The van der Waals surface area contributed by atoms with E-state index in [0.717, 1.165) is 36.0 Å². The number of hydrogen-bond acceptors (Lipinski definition) is 1. The predicted octanol–water partition coefficient (Wildman–Crippen LogP) is 5.37. The van der Waals surface area contributed by atoms with E-state index in [1.807, 2.05) is 0 Å². The van der Waals surface area contributed by atoms with Crippen LogP contribution >= 0.6 is 22.6 Å². The van der Waals surface area contributed by atoms with Crippen LogP contribution in [0.25, 0.3) is 0 Å². The largest absolute Gasteiger partial charge is 0.389 e. The Balaban J connectivity index is 2.33. The molecule has 0 radical (unpaired) electrons. The van der Waals surface area contributed by atoms with Crippen molar-refractivity contribution in [1.29, 1.82) is 0 Å². The van der Waals surface area contributed by atoms with E-state index in [-0.39, 0.29) is 18.6 Å². The lowest BCUT2D eigenvalue weighted by Gasteiger charge is -2.40. The van der Waals surface area contributed by atoms with Gasteiger partial charge in [0.05, 0.1) is 5.60 Å². The van der Waals surface area contributed by atoms with Crippen LogP contribution in [-0.4, -0.2) is 22.8 Å². The molecule has 0 aromatic rings. The van der Waals surface area contributed by atoms with Crippen LogP contribution in [-0.2, 0) is 4.74 Å². The van der Waals surface area contributed by atoms with Crippen molar-refractivity contribution in [2.75, 3.05) is 11.0 Å². The van der Waals surface area contributed by atoms with Gasteiger partial charge in [0.1, 0.15) is 0 Å². The summed E-state index contributed by atoms with van der Waals surface area (Å²) in [4.78, 5) is 0. The minimum atomic E-state index is -4.06. The summed E-state index contributed by atoms with van der Waals surface area (Å²) in [5.41, 5.74) is -0.169. The van der Waals surface area contributed by atoms with Crippen molar-refractivity contribution in [3.8, 4) is 0 Å². The third kappa shape index (κ3) is 6.19. The number of hydrogen-bond donors (Lipinski definition) is 0. The summed E-state index contributed by atoms with van der Waals surface area (Å²) >= 11 is 2.30. The zero-order chi connectivity index (χ0) is 14.5. The first kappa shape index (κ1) is 17.5. The molecule has 1 rings (SSSR count). The summed E-state index contributed by atoms with van der Waals surface area (Å²) in [5.74, 6) is 1.44. The first-order chi connectivity index (χ1) is 8.78. The van der Waals surface area contributed by atoms with Crippen molar-refractivity contribution in [3.05, 3.63) is 0 Å². The molecule has 0 aromatic heterocycles. The molecule has 114 valence electrons. The standard InChI is InChI=1S/C14H24F3IO/c1-11(2)12-4-7-13(10-18,8-5-12)19-9-3-6-14(15,16)17/h11-12H,3-10H2,1-2H3. The Labute approximate surface area is 127 Å². The fourth-order valence-electron chi connectivity index (χ4n) is 2.71. The smallest absolute Gasteiger partial charge is 0.374 e. The monoisotopic (exact) mass is 392 g/mol.